The van der Waals surface area contributed by atoms with Gasteiger partial charge in [0.25, 0.3) is 0 Å². The molecule has 0 aliphatic heterocycles. The summed E-state index contributed by atoms with van der Waals surface area (Å²) in [7, 11) is 1.85. The van der Waals surface area contributed by atoms with Gasteiger partial charge in [-0.3, -0.25) is 4.68 Å². The fourth-order valence-electron chi connectivity index (χ4n) is 1.17. The Morgan fingerprint density at radius 3 is 2.67 bits per heavy atom. The number of aromatic nitrogens is 4. The van der Waals surface area contributed by atoms with E-state index in [1.807, 2.05) is 26.2 Å². The molecule has 0 aromatic carbocycles. The van der Waals surface area contributed by atoms with Crippen LogP contribution in [-0.4, -0.2) is 19.7 Å². The Balaban J connectivity index is 2.55. The summed E-state index contributed by atoms with van der Waals surface area (Å²) in [4.78, 5) is 8.53. The van der Waals surface area contributed by atoms with E-state index in [2.05, 4.69) is 37.7 Å². The molecule has 0 unspecified atom stereocenters. The molecule has 0 saturated heterocycles. The van der Waals surface area contributed by atoms with E-state index in [0.29, 0.717) is 11.0 Å². The van der Waals surface area contributed by atoms with Crippen molar-refractivity contribution in [1.82, 2.24) is 19.7 Å². The molecule has 6 heteroatoms. The molecule has 2 heterocycles. The molecule has 0 aliphatic carbocycles. The van der Waals surface area contributed by atoms with Crippen LogP contribution in [0.2, 0.25) is 5.15 Å². The van der Waals surface area contributed by atoms with Crippen molar-refractivity contribution in [2.75, 3.05) is 0 Å². The van der Waals surface area contributed by atoms with Crippen LogP contribution >= 0.6 is 34.2 Å². The molecule has 0 spiro atoms. The number of hydrogen-bond acceptors (Lipinski definition) is 3. The summed E-state index contributed by atoms with van der Waals surface area (Å²) < 4.78 is 2.59. The van der Waals surface area contributed by atoms with E-state index < -0.39 is 0 Å². The molecular formula is C9H8ClIN4. The predicted molar refractivity (Wildman–Crippen MR) is 66.7 cm³/mol. The van der Waals surface area contributed by atoms with Gasteiger partial charge in [0.1, 0.15) is 10.8 Å². The van der Waals surface area contributed by atoms with Crippen LogP contribution in [0.3, 0.4) is 0 Å². The van der Waals surface area contributed by atoms with Crippen molar-refractivity contribution < 1.29 is 0 Å². The summed E-state index contributed by atoms with van der Waals surface area (Å²) in [6.07, 6.45) is 1.85. The second kappa shape index (κ2) is 4.05. The molecule has 78 valence electrons. The average Bonchev–Trinajstić information content (AvgIpc) is 2.60. The molecule has 0 amide bonds. The molecule has 0 N–H and O–H groups in total. The summed E-state index contributed by atoms with van der Waals surface area (Å²) in [6, 6.07) is 1.86. The highest BCUT2D eigenvalue weighted by molar-refractivity contribution is 14.1. The third-order valence-corrected chi connectivity index (χ3v) is 3.80. The minimum Gasteiger partial charge on any atom is -0.275 e. The zero-order valence-electron chi connectivity index (χ0n) is 8.20. The molecule has 0 saturated carbocycles. The first-order chi connectivity index (χ1) is 7.08. The molecule has 0 fully saturated rings. The van der Waals surface area contributed by atoms with Gasteiger partial charge < -0.3 is 0 Å². The normalized spacial score (nSPS) is 10.7. The minimum atomic E-state index is 0.476. The summed E-state index contributed by atoms with van der Waals surface area (Å²) >= 11 is 8.11. The Bertz CT molecular complexity index is 486. The number of aryl methyl sites for hydroxylation is 2. The molecule has 0 aliphatic rings. The maximum atomic E-state index is 5.98. The minimum absolute atomic E-state index is 0.476. The van der Waals surface area contributed by atoms with Gasteiger partial charge in [-0.1, -0.05) is 11.6 Å². The van der Waals surface area contributed by atoms with E-state index in [0.717, 1.165) is 15.0 Å². The van der Waals surface area contributed by atoms with E-state index in [4.69, 9.17) is 11.6 Å². The van der Waals surface area contributed by atoms with Gasteiger partial charge in [0, 0.05) is 13.2 Å². The van der Waals surface area contributed by atoms with Crippen LogP contribution in [0, 0.1) is 10.5 Å². The lowest BCUT2D eigenvalue weighted by Gasteiger charge is -2.02. The van der Waals surface area contributed by atoms with Crippen LogP contribution in [0.1, 0.15) is 5.69 Å². The van der Waals surface area contributed by atoms with Gasteiger partial charge in [0.05, 0.1) is 9.26 Å². The molecule has 2 rings (SSSR count). The lowest BCUT2D eigenvalue weighted by molar-refractivity contribution is 0.768. The second-order valence-electron chi connectivity index (χ2n) is 3.11. The van der Waals surface area contributed by atoms with Crippen LogP contribution in [0.4, 0.5) is 0 Å². The molecule has 4 nitrogen and oxygen atoms in total. The topological polar surface area (TPSA) is 43.6 Å². The van der Waals surface area contributed by atoms with Gasteiger partial charge in [-0.25, -0.2) is 9.97 Å². The predicted octanol–water partition coefficient (Wildman–Crippen LogP) is 2.44. The van der Waals surface area contributed by atoms with Crippen LogP contribution in [0.15, 0.2) is 12.3 Å². The quantitative estimate of drug-likeness (QED) is 0.594. The van der Waals surface area contributed by atoms with Crippen LogP contribution in [0.25, 0.3) is 11.5 Å². The van der Waals surface area contributed by atoms with E-state index in [9.17, 15) is 0 Å². The number of rotatable bonds is 1. The van der Waals surface area contributed by atoms with Gasteiger partial charge in [-0.15, -0.1) is 0 Å². The van der Waals surface area contributed by atoms with Gasteiger partial charge in [-0.2, -0.15) is 5.10 Å². The fourth-order valence-corrected chi connectivity index (χ4v) is 1.63. The van der Waals surface area contributed by atoms with Crippen molar-refractivity contribution in [3.63, 3.8) is 0 Å². The highest BCUT2D eigenvalue weighted by atomic mass is 127. The second-order valence-corrected chi connectivity index (χ2v) is 4.55. The molecule has 0 atom stereocenters. The Kier molecular flexibility index (Phi) is 2.92. The largest absolute Gasteiger partial charge is 0.275 e. The molecule has 2 aromatic rings. The third-order valence-electron chi connectivity index (χ3n) is 1.92. The van der Waals surface area contributed by atoms with Gasteiger partial charge >= 0.3 is 0 Å². The molecular weight excluding hydrogens is 326 g/mol. The zero-order valence-corrected chi connectivity index (χ0v) is 11.1. The van der Waals surface area contributed by atoms with Crippen LogP contribution in [0.5, 0.6) is 0 Å². The van der Waals surface area contributed by atoms with Gasteiger partial charge in [-0.05, 0) is 35.6 Å². The Hall–Kier alpha value is -0.690. The Morgan fingerprint density at radius 2 is 2.13 bits per heavy atom. The van der Waals surface area contributed by atoms with Crippen LogP contribution < -0.4 is 0 Å². The van der Waals surface area contributed by atoms with E-state index in [1.54, 1.807) is 4.68 Å². The lowest BCUT2D eigenvalue weighted by Crippen LogP contribution is -1.97. The maximum Gasteiger partial charge on any atom is 0.181 e. The Morgan fingerprint density at radius 1 is 1.40 bits per heavy atom. The fraction of sp³-hybridized carbons (Fsp3) is 0.222. The van der Waals surface area contributed by atoms with E-state index in [-0.39, 0.29) is 0 Å². The number of halogens is 2. The summed E-state index contributed by atoms with van der Waals surface area (Å²) in [5.74, 6) is 0.568. The summed E-state index contributed by atoms with van der Waals surface area (Å²) in [5.41, 5.74) is 1.61. The average molecular weight is 335 g/mol. The smallest absolute Gasteiger partial charge is 0.181 e. The van der Waals surface area contributed by atoms with Gasteiger partial charge in [0.2, 0.25) is 0 Å². The first-order valence-electron chi connectivity index (χ1n) is 4.27. The molecule has 2 aromatic heterocycles. The standard InChI is InChI=1S/C9H8ClIN4/c1-5-7(11)8(10)13-9(12-5)6-3-4-15(2)14-6/h3-4H,1-2H3. The van der Waals surface area contributed by atoms with Gasteiger partial charge in [0.15, 0.2) is 5.82 Å². The number of nitrogens with zero attached hydrogens (tertiary/aromatic N) is 4. The maximum absolute atomic E-state index is 5.98. The van der Waals surface area contributed by atoms with Crippen molar-refractivity contribution >= 4 is 34.2 Å². The zero-order chi connectivity index (χ0) is 11.0. The molecule has 0 bridgehead atoms. The van der Waals surface area contributed by atoms with Crippen molar-refractivity contribution in [2.24, 2.45) is 7.05 Å². The highest BCUT2D eigenvalue weighted by Gasteiger charge is 2.10. The first kappa shape index (κ1) is 10.8. The summed E-state index contributed by atoms with van der Waals surface area (Å²) in [6.45, 7) is 1.90. The lowest BCUT2D eigenvalue weighted by atomic mass is 10.4. The Labute approximate surface area is 106 Å². The van der Waals surface area contributed by atoms with E-state index in [1.165, 1.54) is 0 Å². The number of hydrogen-bond donors (Lipinski definition) is 0. The van der Waals surface area contributed by atoms with Crippen LogP contribution in [-0.2, 0) is 7.05 Å². The van der Waals surface area contributed by atoms with Crippen molar-refractivity contribution in [3.05, 3.63) is 26.7 Å². The SMILES string of the molecule is Cc1nc(-c2ccn(C)n2)nc(Cl)c1I. The first-order valence-corrected chi connectivity index (χ1v) is 5.73. The highest BCUT2D eigenvalue weighted by Crippen LogP contribution is 2.22. The molecule has 15 heavy (non-hydrogen) atoms. The third kappa shape index (κ3) is 2.12. The monoisotopic (exact) mass is 334 g/mol. The van der Waals surface area contributed by atoms with E-state index >= 15 is 0 Å². The van der Waals surface area contributed by atoms with Crippen molar-refractivity contribution in [1.29, 1.82) is 0 Å². The summed E-state index contributed by atoms with van der Waals surface area (Å²) in [5, 5.41) is 4.70. The molecule has 0 radical (unpaired) electrons. The van der Waals surface area contributed by atoms with Crippen molar-refractivity contribution in [3.8, 4) is 11.5 Å². The van der Waals surface area contributed by atoms with Crippen molar-refractivity contribution in [2.45, 2.75) is 6.92 Å².